The molecule has 1 atom stereocenters. The van der Waals surface area contributed by atoms with E-state index in [1.807, 2.05) is 0 Å². The van der Waals surface area contributed by atoms with Crippen LogP contribution in [-0.4, -0.2) is 21.9 Å². The molecule has 0 aliphatic heterocycles. The second-order valence-electron chi connectivity index (χ2n) is 4.05. The summed E-state index contributed by atoms with van der Waals surface area (Å²) in [7, 11) is 0. The molecule has 0 fully saturated rings. The molecule has 1 unspecified atom stereocenters. The Morgan fingerprint density at radius 1 is 1.47 bits per heavy atom. The first-order chi connectivity index (χ1) is 7.13. The topological polar surface area (TPSA) is 63.8 Å². The van der Waals surface area contributed by atoms with E-state index in [4.69, 9.17) is 5.73 Å². The van der Waals surface area contributed by atoms with Crippen LogP contribution in [0.15, 0.2) is 0 Å². The van der Waals surface area contributed by atoms with Gasteiger partial charge in [0.15, 0.2) is 0 Å². The molecule has 0 bridgehead atoms. The number of nitrogens with two attached hydrogens (primary N) is 1. The van der Waals surface area contributed by atoms with E-state index < -0.39 is 0 Å². The van der Waals surface area contributed by atoms with Crippen molar-refractivity contribution in [2.75, 3.05) is 11.9 Å². The van der Waals surface area contributed by atoms with Gasteiger partial charge in [0.1, 0.15) is 5.82 Å². The lowest BCUT2D eigenvalue weighted by Crippen LogP contribution is -2.33. The van der Waals surface area contributed by atoms with Crippen LogP contribution >= 0.6 is 11.5 Å². The fraction of sp³-hybridized carbons (Fsp3) is 0.800. The average Bonchev–Trinajstić information content (AvgIpc) is 2.62. The van der Waals surface area contributed by atoms with Crippen molar-refractivity contribution < 1.29 is 0 Å². The molecular weight excluding hydrogens is 208 g/mol. The summed E-state index contributed by atoms with van der Waals surface area (Å²) < 4.78 is 4.26. The smallest absolute Gasteiger partial charge is 0.202 e. The minimum Gasteiger partial charge on any atom is -0.359 e. The van der Waals surface area contributed by atoms with Gasteiger partial charge in [0.2, 0.25) is 5.13 Å². The standard InChI is InChI=1S/C10H20N4S/c1-4-5-9-13-10(15-14-9)12-6-8(11)7(2)3/h7-8H,4-6,11H2,1-3H3,(H,12,13,14). The van der Waals surface area contributed by atoms with E-state index in [-0.39, 0.29) is 6.04 Å². The van der Waals surface area contributed by atoms with Gasteiger partial charge in [-0.25, -0.2) is 4.98 Å². The van der Waals surface area contributed by atoms with Crippen molar-refractivity contribution in [2.24, 2.45) is 11.7 Å². The molecule has 0 saturated heterocycles. The SMILES string of the molecule is CCCc1nsc(NCC(N)C(C)C)n1. The molecule has 15 heavy (non-hydrogen) atoms. The van der Waals surface area contributed by atoms with Crippen molar-refractivity contribution in [1.82, 2.24) is 9.36 Å². The number of nitrogens with one attached hydrogen (secondary N) is 1. The Hall–Kier alpha value is -0.680. The molecule has 86 valence electrons. The van der Waals surface area contributed by atoms with Gasteiger partial charge in [0.25, 0.3) is 0 Å². The number of hydrogen-bond donors (Lipinski definition) is 2. The Balaban J connectivity index is 2.37. The Bertz CT molecular complexity index is 285. The lowest BCUT2D eigenvalue weighted by atomic mass is 10.1. The normalized spacial score (nSPS) is 13.1. The second-order valence-corrected chi connectivity index (χ2v) is 4.81. The van der Waals surface area contributed by atoms with Gasteiger partial charge in [-0.2, -0.15) is 4.37 Å². The van der Waals surface area contributed by atoms with Crippen molar-refractivity contribution >= 4 is 16.7 Å². The van der Waals surface area contributed by atoms with E-state index in [0.29, 0.717) is 5.92 Å². The maximum Gasteiger partial charge on any atom is 0.202 e. The van der Waals surface area contributed by atoms with E-state index in [2.05, 4.69) is 35.4 Å². The molecule has 0 aliphatic carbocycles. The van der Waals surface area contributed by atoms with E-state index in [9.17, 15) is 0 Å². The lowest BCUT2D eigenvalue weighted by Gasteiger charge is -2.15. The van der Waals surface area contributed by atoms with Gasteiger partial charge in [-0.15, -0.1) is 0 Å². The van der Waals surface area contributed by atoms with Crippen LogP contribution in [0.2, 0.25) is 0 Å². The first kappa shape index (κ1) is 12.4. The largest absolute Gasteiger partial charge is 0.359 e. The molecule has 1 rings (SSSR count). The Labute approximate surface area is 95.5 Å². The third kappa shape index (κ3) is 4.13. The average molecular weight is 228 g/mol. The molecule has 0 saturated carbocycles. The molecule has 0 amide bonds. The number of rotatable bonds is 6. The molecular formula is C10H20N4S. The van der Waals surface area contributed by atoms with Crippen LogP contribution < -0.4 is 11.1 Å². The fourth-order valence-electron chi connectivity index (χ4n) is 1.09. The van der Waals surface area contributed by atoms with Crippen LogP contribution in [-0.2, 0) is 6.42 Å². The van der Waals surface area contributed by atoms with Crippen LogP contribution in [0.3, 0.4) is 0 Å². The van der Waals surface area contributed by atoms with Crippen molar-refractivity contribution in [3.05, 3.63) is 5.82 Å². The minimum atomic E-state index is 0.170. The molecule has 4 nitrogen and oxygen atoms in total. The maximum atomic E-state index is 5.92. The van der Waals surface area contributed by atoms with E-state index >= 15 is 0 Å². The number of anilines is 1. The molecule has 0 spiro atoms. The third-order valence-corrected chi connectivity index (χ3v) is 3.00. The molecule has 1 aromatic heterocycles. The zero-order valence-corrected chi connectivity index (χ0v) is 10.5. The zero-order chi connectivity index (χ0) is 11.3. The molecule has 1 heterocycles. The highest BCUT2D eigenvalue weighted by molar-refractivity contribution is 7.09. The van der Waals surface area contributed by atoms with Crippen LogP contribution in [0.1, 0.15) is 33.0 Å². The second kappa shape index (κ2) is 6.02. The van der Waals surface area contributed by atoms with E-state index in [0.717, 1.165) is 30.3 Å². The number of nitrogens with zero attached hydrogens (tertiary/aromatic N) is 2. The fourth-order valence-corrected chi connectivity index (χ4v) is 1.71. The third-order valence-electron chi connectivity index (χ3n) is 2.29. The Kier molecular flexibility index (Phi) is 4.98. The number of aryl methyl sites for hydroxylation is 1. The molecule has 0 aromatic carbocycles. The summed E-state index contributed by atoms with van der Waals surface area (Å²) in [6.45, 7) is 7.13. The molecule has 3 N–H and O–H groups in total. The predicted molar refractivity (Wildman–Crippen MR) is 65.2 cm³/mol. The maximum absolute atomic E-state index is 5.92. The van der Waals surface area contributed by atoms with Gasteiger partial charge in [-0.1, -0.05) is 20.8 Å². The van der Waals surface area contributed by atoms with Gasteiger partial charge in [-0.05, 0) is 12.3 Å². The summed E-state index contributed by atoms with van der Waals surface area (Å²) in [4.78, 5) is 4.37. The van der Waals surface area contributed by atoms with Crippen LogP contribution in [0.4, 0.5) is 5.13 Å². The Morgan fingerprint density at radius 2 is 2.20 bits per heavy atom. The first-order valence-electron chi connectivity index (χ1n) is 5.45. The van der Waals surface area contributed by atoms with Gasteiger partial charge in [0, 0.05) is 30.5 Å². The molecule has 1 aromatic rings. The van der Waals surface area contributed by atoms with Gasteiger partial charge in [-0.3, -0.25) is 0 Å². The van der Waals surface area contributed by atoms with Crippen LogP contribution in [0.5, 0.6) is 0 Å². The van der Waals surface area contributed by atoms with Crippen LogP contribution in [0.25, 0.3) is 0 Å². The monoisotopic (exact) mass is 228 g/mol. The molecule has 0 aliphatic rings. The summed E-state index contributed by atoms with van der Waals surface area (Å²) in [5, 5.41) is 4.11. The highest BCUT2D eigenvalue weighted by atomic mass is 32.1. The number of hydrogen-bond acceptors (Lipinski definition) is 5. The van der Waals surface area contributed by atoms with Crippen molar-refractivity contribution in [2.45, 2.75) is 39.7 Å². The highest BCUT2D eigenvalue weighted by Gasteiger charge is 2.08. The van der Waals surface area contributed by atoms with Gasteiger partial charge in [0.05, 0.1) is 0 Å². The van der Waals surface area contributed by atoms with Crippen LogP contribution in [0, 0.1) is 5.92 Å². The lowest BCUT2D eigenvalue weighted by molar-refractivity contribution is 0.511. The quantitative estimate of drug-likeness (QED) is 0.780. The summed E-state index contributed by atoms with van der Waals surface area (Å²) >= 11 is 1.42. The highest BCUT2D eigenvalue weighted by Crippen LogP contribution is 2.12. The van der Waals surface area contributed by atoms with E-state index in [1.165, 1.54) is 11.5 Å². The summed E-state index contributed by atoms with van der Waals surface area (Å²) in [5.74, 6) is 1.42. The minimum absolute atomic E-state index is 0.170. The molecule has 5 heteroatoms. The van der Waals surface area contributed by atoms with Crippen molar-refractivity contribution in [1.29, 1.82) is 0 Å². The summed E-state index contributed by atoms with van der Waals surface area (Å²) in [5.41, 5.74) is 5.92. The Morgan fingerprint density at radius 3 is 2.80 bits per heavy atom. The van der Waals surface area contributed by atoms with E-state index in [1.54, 1.807) is 0 Å². The van der Waals surface area contributed by atoms with Gasteiger partial charge >= 0.3 is 0 Å². The van der Waals surface area contributed by atoms with Crippen molar-refractivity contribution in [3.8, 4) is 0 Å². The van der Waals surface area contributed by atoms with Gasteiger partial charge < -0.3 is 11.1 Å². The van der Waals surface area contributed by atoms with Crippen molar-refractivity contribution in [3.63, 3.8) is 0 Å². The molecule has 0 radical (unpaired) electrons. The summed E-state index contributed by atoms with van der Waals surface area (Å²) in [6.07, 6.45) is 2.04. The number of aromatic nitrogens is 2. The first-order valence-corrected chi connectivity index (χ1v) is 6.22. The summed E-state index contributed by atoms with van der Waals surface area (Å²) in [6, 6.07) is 0.170. The zero-order valence-electron chi connectivity index (χ0n) is 9.66. The predicted octanol–water partition coefficient (Wildman–Crippen LogP) is 1.89.